The summed E-state index contributed by atoms with van der Waals surface area (Å²) < 4.78 is 0. The summed E-state index contributed by atoms with van der Waals surface area (Å²) in [6, 6.07) is 8.62. The number of benzene rings is 1. The first-order valence-corrected chi connectivity index (χ1v) is 5.49. The minimum atomic E-state index is 0.741. The Kier molecular flexibility index (Phi) is 3.80. The van der Waals surface area contributed by atoms with Crippen LogP contribution in [0.2, 0.25) is 0 Å². The fourth-order valence-corrected chi connectivity index (χ4v) is 1.87. The van der Waals surface area contributed by atoms with Gasteiger partial charge in [-0.1, -0.05) is 54.0 Å². The van der Waals surface area contributed by atoms with Crippen LogP contribution in [0.25, 0.3) is 0 Å². The standard InChI is InChI=1S/C11H15Br/c1-9(2)7-10-5-3-4-6-11(10)8-12/h3-6,9H,7-8H2,1-2H3. The fraction of sp³-hybridized carbons (Fsp3) is 0.455. The zero-order chi connectivity index (χ0) is 8.97. The molecule has 0 nitrogen and oxygen atoms in total. The summed E-state index contributed by atoms with van der Waals surface area (Å²) in [7, 11) is 0. The van der Waals surface area contributed by atoms with E-state index in [0.717, 1.165) is 11.2 Å². The molecule has 0 heterocycles. The number of halogens is 1. The van der Waals surface area contributed by atoms with Crippen molar-refractivity contribution < 1.29 is 0 Å². The Labute approximate surface area is 83.1 Å². The normalized spacial score (nSPS) is 10.7. The van der Waals surface area contributed by atoms with Crippen molar-refractivity contribution in [1.29, 1.82) is 0 Å². The third kappa shape index (κ3) is 2.63. The number of hydrogen-bond acceptors (Lipinski definition) is 0. The lowest BCUT2D eigenvalue weighted by molar-refractivity contribution is 0.645. The number of alkyl halides is 1. The molecule has 0 aliphatic heterocycles. The van der Waals surface area contributed by atoms with Crippen molar-refractivity contribution in [3.8, 4) is 0 Å². The van der Waals surface area contributed by atoms with Crippen LogP contribution in [0.5, 0.6) is 0 Å². The molecule has 0 saturated heterocycles. The van der Waals surface area contributed by atoms with Crippen molar-refractivity contribution in [1.82, 2.24) is 0 Å². The molecular weight excluding hydrogens is 212 g/mol. The van der Waals surface area contributed by atoms with Crippen LogP contribution < -0.4 is 0 Å². The van der Waals surface area contributed by atoms with Crippen molar-refractivity contribution in [3.63, 3.8) is 0 Å². The van der Waals surface area contributed by atoms with E-state index in [1.165, 1.54) is 17.5 Å². The molecule has 0 N–H and O–H groups in total. The highest BCUT2D eigenvalue weighted by Crippen LogP contribution is 2.15. The summed E-state index contributed by atoms with van der Waals surface area (Å²) in [4.78, 5) is 0. The highest BCUT2D eigenvalue weighted by atomic mass is 79.9. The van der Waals surface area contributed by atoms with Gasteiger partial charge in [-0.2, -0.15) is 0 Å². The van der Waals surface area contributed by atoms with E-state index in [1.54, 1.807) is 0 Å². The van der Waals surface area contributed by atoms with Gasteiger partial charge in [0, 0.05) is 5.33 Å². The zero-order valence-corrected chi connectivity index (χ0v) is 9.26. The van der Waals surface area contributed by atoms with Crippen LogP contribution in [0, 0.1) is 5.92 Å². The summed E-state index contributed by atoms with van der Waals surface area (Å²) in [6.07, 6.45) is 1.18. The van der Waals surface area contributed by atoms with Gasteiger partial charge in [-0.05, 0) is 23.5 Å². The predicted octanol–water partition coefficient (Wildman–Crippen LogP) is 3.78. The SMILES string of the molecule is CC(C)Cc1ccccc1CBr. The smallest absolute Gasteiger partial charge is 0.0285 e. The van der Waals surface area contributed by atoms with Gasteiger partial charge in [-0.3, -0.25) is 0 Å². The molecule has 12 heavy (non-hydrogen) atoms. The van der Waals surface area contributed by atoms with Gasteiger partial charge >= 0.3 is 0 Å². The topological polar surface area (TPSA) is 0 Å². The van der Waals surface area contributed by atoms with Gasteiger partial charge in [-0.25, -0.2) is 0 Å². The van der Waals surface area contributed by atoms with Crippen LogP contribution in [-0.4, -0.2) is 0 Å². The lowest BCUT2D eigenvalue weighted by Crippen LogP contribution is -1.97. The van der Waals surface area contributed by atoms with E-state index in [1.807, 2.05) is 0 Å². The molecule has 0 fully saturated rings. The maximum absolute atomic E-state index is 3.50. The Hall–Kier alpha value is -0.300. The van der Waals surface area contributed by atoms with Crippen LogP contribution in [0.15, 0.2) is 24.3 Å². The van der Waals surface area contributed by atoms with Crippen LogP contribution >= 0.6 is 15.9 Å². The molecule has 1 aromatic carbocycles. The lowest BCUT2D eigenvalue weighted by atomic mass is 9.99. The Morgan fingerprint density at radius 1 is 1.17 bits per heavy atom. The Bertz CT molecular complexity index is 241. The van der Waals surface area contributed by atoms with E-state index in [4.69, 9.17) is 0 Å². The number of rotatable bonds is 3. The zero-order valence-electron chi connectivity index (χ0n) is 7.68. The monoisotopic (exact) mass is 226 g/mol. The molecule has 0 aliphatic carbocycles. The van der Waals surface area contributed by atoms with Gasteiger partial charge in [0.15, 0.2) is 0 Å². The van der Waals surface area contributed by atoms with Gasteiger partial charge < -0.3 is 0 Å². The predicted molar refractivity (Wildman–Crippen MR) is 57.6 cm³/mol. The van der Waals surface area contributed by atoms with E-state index in [-0.39, 0.29) is 0 Å². The van der Waals surface area contributed by atoms with Crippen molar-refractivity contribution in [2.24, 2.45) is 5.92 Å². The summed E-state index contributed by atoms with van der Waals surface area (Å²) in [6.45, 7) is 4.51. The van der Waals surface area contributed by atoms with Gasteiger partial charge in [-0.15, -0.1) is 0 Å². The van der Waals surface area contributed by atoms with Crippen LogP contribution in [0.3, 0.4) is 0 Å². The second kappa shape index (κ2) is 4.66. The van der Waals surface area contributed by atoms with Crippen LogP contribution in [0.1, 0.15) is 25.0 Å². The van der Waals surface area contributed by atoms with Crippen molar-refractivity contribution >= 4 is 15.9 Å². The van der Waals surface area contributed by atoms with Gasteiger partial charge in [0.25, 0.3) is 0 Å². The van der Waals surface area contributed by atoms with E-state index in [9.17, 15) is 0 Å². The van der Waals surface area contributed by atoms with E-state index in [2.05, 4.69) is 54.0 Å². The second-order valence-corrected chi connectivity index (χ2v) is 4.06. The average Bonchev–Trinajstić information content (AvgIpc) is 2.04. The second-order valence-electron chi connectivity index (χ2n) is 3.50. The highest BCUT2D eigenvalue weighted by Gasteiger charge is 2.01. The molecule has 0 radical (unpaired) electrons. The van der Waals surface area contributed by atoms with Crippen LogP contribution in [-0.2, 0) is 11.8 Å². The molecule has 0 atom stereocenters. The minimum Gasteiger partial charge on any atom is -0.0876 e. The molecule has 0 aliphatic rings. The van der Waals surface area contributed by atoms with Crippen molar-refractivity contribution in [3.05, 3.63) is 35.4 Å². The summed E-state index contributed by atoms with van der Waals surface area (Å²) in [5.41, 5.74) is 2.90. The summed E-state index contributed by atoms with van der Waals surface area (Å²) in [5.74, 6) is 0.741. The highest BCUT2D eigenvalue weighted by molar-refractivity contribution is 9.08. The molecule has 0 unspecified atom stereocenters. The van der Waals surface area contributed by atoms with Crippen molar-refractivity contribution in [2.75, 3.05) is 0 Å². The molecule has 66 valence electrons. The first-order chi connectivity index (χ1) is 5.74. The molecule has 0 bridgehead atoms. The minimum absolute atomic E-state index is 0.741. The number of hydrogen-bond donors (Lipinski definition) is 0. The molecule has 0 amide bonds. The summed E-state index contributed by atoms with van der Waals surface area (Å²) >= 11 is 3.50. The molecular formula is C11H15Br. The first-order valence-electron chi connectivity index (χ1n) is 4.36. The van der Waals surface area contributed by atoms with Gasteiger partial charge in [0.2, 0.25) is 0 Å². The van der Waals surface area contributed by atoms with Gasteiger partial charge in [0.05, 0.1) is 0 Å². The molecule has 1 aromatic rings. The maximum Gasteiger partial charge on any atom is 0.0285 e. The molecule has 0 spiro atoms. The lowest BCUT2D eigenvalue weighted by Gasteiger charge is -2.08. The van der Waals surface area contributed by atoms with Crippen molar-refractivity contribution in [2.45, 2.75) is 25.6 Å². The molecule has 0 saturated carbocycles. The van der Waals surface area contributed by atoms with E-state index >= 15 is 0 Å². The van der Waals surface area contributed by atoms with Crippen LogP contribution in [0.4, 0.5) is 0 Å². The first kappa shape index (κ1) is 9.79. The average molecular weight is 227 g/mol. The summed E-state index contributed by atoms with van der Waals surface area (Å²) in [5, 5.41) is 0.968. The third-order valence-electron chi connectivity index (χ3n) is 1.89. The quantitative estimate of drug-likeness (QED) is 0.689. The third-order valence-corrected chi connectivity index (χ3v) is 2.49. The Balaban J connectivity index is 2.82. The fourth-order valence-electron chi connectivity index (χ4n) is 1.33. The maximum atomic E-state index is 3.50. The molecule has 0 aromatic heterocycles. The van der Waals surface area contributed by atoms with E-state index in [0.29, 0.717) is 0 Å². The molecule has 1 heteroatoms. The Morgan fingerprint density at radius 2 is 1.75 bits per heavy atom. The molecule has 1 rings (SSSR count). The largest absolute Gasteiger partial charge is 0.0876 e. The Morgan fingerprint density at radius 3 is 2.25 bits per heavy atom. The van der Waals surface area contributed by atoms with E-state index < -0.39 is 0 Å². The van der Waals surface area contributed by atoms with Gasteiger partial charge in [0.1, 0.15) is 0 Å².